The van der Waals surface area contributed by atoms with Gasteiger partial charge in [-0.3, -0.25) is 0 Å². The van der Waals surface area contributed by atoms with Crippen LogP contribution in [0.3, 0.4) is 0 Å². The van der Waals surface area contributed by atoms with E-state index in [-0.39, 0.29) is 5.97 Å². The van der Waals surface area contributed by atoms with Crippen LogP contribution < -0.4 is 0 Å². The lowest BCUT2D eigenvalue weighted by molar-refractivity contribution is 0.0517. The first-order valence-corrected chi connectivity index (χ1v) is 7.62. The third-order valence-corrected chi connectivity index (χ3v) is 3.49. The van der Waals surface area contributed by atoms with Gasteiger partial charge < -0.3 is 4.74 Å². The Hall–Kier alpha value is -1.39. The van der Waals surface area contributed by atoms with Crippen LogP contribution in [0, 0.1) is 11.8 Å². The number of rotatable bonds is 8. The first-order valence-electron chi connectivity index (χ1n) is 7.62. The van der Waals surface area contributed by atoms with Crippen molar-refractivity contribution in [3.8, 4) is 0 Å². The Morgan fingerprint density at radius 3 is 2.40 bits per heavy atom. The Labute approximate surface area is 121 Å². The summed E-state index contributed by atoms with van der Waals surface area (Å²) in [4.78, 5) is 11.9. The molecule has 5 heteroatoms. The monoisotopic (exact) mass is 281 g/mol. The summed E-state index contributed by atoms with van der Waals surface area (Å²) in [6.07, 6.45) is 3.00. The lowest BCUT2D eigenvalue weighted by Gasteiger charge is -2.15. The van der Waals surface area contributed by atoms with Gasteiger partial charge in [-0.15, -0.1) is 5.10 Å². The molecule has 0 aliphatic heterocycles. The van der Waals surface area contributed by atoms with E-state index in [1.165, 1.54) is 0 Å². The summed E-state index contributed by atoms with van der Waals surface area (Å²) in [5.41, 5.74) is 1.29. The molecular formula is C15H27N3O2. The van der Waals surface area contributed by atoms with Gasteiger partial charge in [0, 0.05) is 6.54 Å². The van der Waals surface area contributed by atoms with E-state index < -0.39 is 0 Å². The zero-order valence-corrected chi connectivity index (χ0v) is 13.3. The maximum absolute atomic E-state index is 11.9. The third-order valence-electron chi connectivity index (χ3n) is 3.49. The summed E-state index contributed by atoms with van der Waals surface area (Å²) in [6, 6.07) is 0. The number of ether oxygens (including phenoxy) is 1. The van der Waals surface area contributed by atoms with E-state index in [1.807, 2.05) is 4.68 Å². The molecule has 0 fully saturated rings. The van der Waals surface area contributed by atoms with E-state index in [0.717, 1.165) is 31.5 Å². The van der Waals surface area contributed by atoms with Crippen molar-refractivity contribution in [2.45, 2.75) is 60.4 Å². The van der Waals surface area contributed by atoms with Crippen LogP contribution in [0.5, 0.6) is 0 Å². The number of hydrogen-bond donors (Lipinski definition) is 0. The van der Waals surface area contributed by atoms with Gasteiger partial charge in [-0.2, -0.15) is 0 Å². The van der Waals surface area contributed by atoms with Crippen molar-refractivity contribution in [1.82, 2.24) is 15.0 Å². The van der Waals surface area contributed by atoms with Gasteiger partial charge in [0.05, 0.1) is 12.3 Å². The Kier molecular flexibility index (Phi) is 6.68. The van der Waals surface area contributed by atoms with Gasteiger partial charge in [0.2, 0.25) is 0 Å². The van der Waals surface area contributed by atoms with E-state index in [0.29, 0.717) is 24.1 Å². The summed E-state index contributed by atoms with van der Waals surface area (Å²) < 4.78 is 6.96. The summed E-state index contributed by atoms with van der Waals surface area (Å²) in [6.45, 7) is 11.6. The molecule has 0 N–H and O–H groups in total. The van der Waals surface area contributed by atoms with Crippen molar-refractivity contribution in [3.05, 3.63) is 11.4 Å². The molecule has 1 heterocycles. The Bertz CT molecular complexity index is 423. The first-order chi connectivity index (χ1) is 9.53. The van der Waals surface area contributed by atoms with Gasteiger partial charge in [0.25, 0.3) is 0 Å². The molecule has 0 aliphatic carbocycles. The predicted octanol–water partition coefficient (Wildman–Crippen LogP) is 3.09. The molecule has 20 heavy (non-hydrogen) atoms. The van der Waals surface area contributed by atoms with Gasteiger partial charge in [-0.1, -0.05) is 45.7 Å². The minimum absolute atomic E-state index is 0.360. The minimum atomic E-state index is -0.362. The predicted molar refractivity (Wildman–Crippen MR) is 78.6 cm³/mol. The zero-order valence-electron chi connectivity index (χ0n) is 13.3. The quantitative estimate of drug-likeness (QED) is 0.687. The highest BCUT2D eigenvalue weighted by atomic mass is 16.5. The van der Waals surface area contributed by atoms with E-state index in [2.05, 4.69) is 38.0 Å². The van der Waals surface area contributed by atoms with Crippen molar-refractivity contribution < 1.29 is 9.53 Å². The second-order valence-electron chi connectivity index (χ2n) is 5.57. The molecule has 0 saturated heterocycles. The average Bonchev–Trinajstić information content (AvgIpc) is 2.78. The fourth-order valence-electron chi connectivity index (χ4n) is 2.22. The van der Waals surface area contributed by atoms with Crippen LogP contribution in [0.15, 0.2) is 0 Å². The molecule has 1 aromatic rings. The average molecular weight is 281 g/mol. The van der Waals surface area contributed by atoms with Gasteiger partial charge in [0.15, 0.2) is 5.69 Å². The molecule has 0 spiro atoms. The van der Waals surface area contributed by atoms with Crippen molar-refractivity contribution in [1.29, 1.82) is 0 Å². The normalized spacial score (nSPS) is 11.3. The Morgan fingerprint density at radius 1 is 1.25 bits per heavy atom. The SMILES string of the molecule is CCOC(=O)c1nnn(CC(CC)CC)c1CC(C)C. The van der Waals surface area contributed by atoms with Crippen molar-refractivity contribution in [2.24, 2.45) is 11.8 Å². The van der Waals surface area contributed by atoms with E-state index in [4.69, 9.17) is 4.74 Å². The van der Waals surface area contributed by atoms with Crippen LogP contribution in [-0.2, 0) is 17.7 Å². The fraction of sp³-hybridized carbons (Fsp3) is 0.800. The summed E-state index contributed by atoms with van der Waals surface area (Å²) in [5.74, 6) is 0.652. The van der Waals surface area contributed by atoms with Crippen molar-refractivity contribution in [2.75, 3.05) is 6.61 Å². The number of hydrogen-bond acceptors (Lipinski definition) is 4. The number of nitrogens with zero attached hydrogens (tertiary/aromatic N) is 3. The number of aromatic nitrogens is 3. The largest absolute Gasteiger partial charge is 0.461 e. The van der Waals surface area contributed by atoms with Gasteiger partial charge in [-0.05, 0) is 25.2 Å². The molecule has 0 radical (unpaired) electrons. The smallest absolute Gasteiger partial charge is 0.360 e. The molecule has 0 bridgehead atoms. The number of carbonyl (C=O) groups excluding carboxylic acids is 1. The minimum Gasteiger partial charge on any atom is -0.461 e. The van der Waals surface area contributed by atoms with Crippen LogP contribution in [0.25, 0.3) is 0 Å². The van der Waals surface area contributed by atoms with Gasteiger partial charge >= 0.3 is 5.97 Å². The topological polar surface area (TPSA) is 57.0 Å². The summed E-state index contributed by atoms with van der Waals surface area (Å²) in [5, 5.41) is 8.22. The highest BCUT2D eigenvalue weighted by Crippen LogP contribution is 2.17. The zero-order chi connectivity index (χ0) is 15.1. The Morgan fingerprint density at radius 2 is 1.90 bits per heavy atom. The maximum atomic E-state index is 11.9. The maximum Gasteiger partial charge on any atom is 0.360 e. The highest BCUT2D eigenvalue weighted by Gasteiger charge is 2.22. The molecule has 0 saturated carbocycles. The van der Waals surface area contributed by atoms with Crippen LogP contribution in [0.2, 0.25) is 0 Å². The summed E-state index contributed by atoms with van der Waals surface area (Å²) in [7, 11) is 0. The fourth-order valence-corrected chi connectivity index (χ4v) is 2.22. The second kappa shape index (κ2) is 8.02. The molecule has 0 aliphatic rings. The first kappa shape index (κ1) is 16.7. The number of esters is 1. The standard InChI is InChI=1S/C15H27N3O2/c1-6-12(7-2)10-18-13(9-11(4)5)14(16-17-18)15(19)20-8-3/h11-12H,6-10H2,1-5H3. The van der Waals surface area contributed by atoms with Crippen LogP contribution in [-0.4, -0.2) is 27.6 Å². The number of carbonyl (C=O) groups is 1. The molecule has 0 atom stereocenters. The van der Waals surface area contributed by atoms with E-state index in [1.54, 1.807) is 6.92 Å². The van der Waals surface area contributed by atoms with Crippen LogP contribution in [0.4, 0.5) is 0 Å². The molecule has 1 rings (SSSR count). The third kappa shape index (κ3) is 4.32. The van der Waals surface area contributed by atoms with Crippen LogP contribution >= 0.6 is 0 Å². The molecule has 0 aromatic carbocycles. The molecular weight excluding hydrogens is 254 g/mol. The molecule has 5 nitrogen and oxygen atoms in total. The van der Waals surface area contributed by atoms with Gasteiger partial charge in [0.1, 0.15) is 0 Å². The lowest BCUT2D eigenvalue weighted by Crippen LogP contribution is -2.16. The highest BCUT2D eigenvalue weighted by molar-refractivity contribution is 5.88. The summed E-state index contributed by atoms with van der Waals surface area (Å²) >= 11 is 0. The van der Waals surface area contributed by atoms with E-state index >= 15 is 0 Å². The molecule has 114 valence electrons. The van der Waals surface area contributed by atoms with E-state index in [9.17, 15) is 4.79 Å². The molecule has 1 aromatic heterocycles. The van der Waals surface area contributed by atoms with Crippen molar-refractivity contribution >= 4 is 5.97 Å². The second-order valence-corrected chi connectivity index (χ2v) is 5.57. The Balaban J connectivity index is 3.02. The molecule has 0 amide bonds. The van der Waals surface area contributed by atoms with Gasteiger partial charge in [-0.25, -0.2) is 9.48 Å². The van der Waals surface area contributed by atoms with Crippen molar-refractivity contribution in [3.63, 3.8) is 0 Å². The van der Waals surface area contributed by atoms with Crippen LogP contribution in [0.1, 0.15) is 63.6 Å². The molecule has 0 unspecified atom stereocenters. The lowest BCUT2D eigenvalue weighted by atomic mass is 10.0.